The standard InChI is InChI=1S/C14H17ClN4O2/c1-19(13-9-12(15)17-14(16)18-13)7-8-21-11-6-4-3-5-10(11)20-2/h3-6,9H,7-8H2,1-2H3,(H2,16,17,18). The van der Waals surface area contributed by atoms with Gasteiger partial charge in [0.1, 0.15) is 17.6 Å². The van der Waals surface area contributed by atoms with E-state index < -0.39 is 0 Å². The number of aromatic nitrogens is 2. The first kappa shape index (κ1) is 15.2. The summed E-state index contributed by atoms with van der Waals surface area (Å²) in [4.78, 5) is 9.83. The van der Waals surface area contributed by atoms with Crippen LogP contribution in [-0.4, -0.2) is 37.3 Å². The number of hydrogen-bond acceptors (Lipinski definition) is 6. The molecular formula is C14H17ClN4O2. The van der Waals surface area contributed by atoms with Crippen molar-refractivity contribution in [2.45, 2.75) is 0 Å². The molecular weight excluding hydrogens is 292 g/mol. The van der Waals surface area contributed by atoms with Gasteiger partial charge in [-0.2, -0.15) is 4.98 Å². The van der Waals surface area contributed by atoms with Crippen LogP contribution in [0.5, 0.6) is 11.5 Å². The second kappa shape index (κ2) is 6.99. The number of nitrogens with zero attached hydrogens (tertiary/aromatic N) is 3. The molecule has 0 saturated heterocycles. The average molecular weight is 309 g/mol. The van der Waals surface area contributed by atoms with Crippen LogP contribution in [0.2, 0.25) is 5.15 Å². The van der Waals surface area contributed by atoms with Crippen molar-refractivity contribution in [3.63, 3.8) is 0 Å². The Morgan fingerprint density at radius 2 is 1.95 bits per heavy atom. The van der Waals surface area contributed by atoms with Gasteiger partial charge >= 0.3 is 0 Å². The topological polar surface area (TPSA) is 73.5 Å². The van der Waals surface area contributed by atoms with E-state index in [0.717, 1.165) is 0 Å². The number of ether oxygens (including phenoxy) is 2. The van der Waals surface area contributed by atoms with E-state index in [1.807, 2.05) is 36.2 Å². The molecule has 7 heteroatoms. The van der Waals surface area contributed by atoms with E-state index in [1.165, 1.54) is 0 Å². The predicted octanol–water partition coefficient (Wildman–Crippen LogP) is 2.24. The van der Waals surface area contributed by atoms with Gasteiger partial charge < -0.3 is 20.1 Å². The highest BCUT2D eigenvalue weighted by Gasteiger charge is 2.07. The third-order valence-electron chi connectivity index (χ3n) is 2.84. The minimum Gasteiger partial charge on any atom is -0.493 e. The summed E-state index contributed by atoms with van der Waals surface area (Å²) in [6.45, 7) is 1.09. The fourth-order valence-electron chi connectivity index (χ4n) is 1.76. The molecule has 0 radical (unpaired) electrons. The van der Waals surface area contributed by atoms with Crippen LogP contribution in [0.1, 0.15) is 0 Å². The second-order valence-corrected chi connectivity index (χ2v) is 4.72. The summed E-state index contributed by atoms with van der Waals surface area (Å²) in [5.74, 6) is 2.20. The molecule has 0 saturated carbocycles. The molecule has 0 spiro atoms. The molecule has 1 heterocycles. The lowest BCUT2D eigenvalue weighted by atomic mass is 10.3. The summed E-state index contributed by atoms with van der Waals surface area (Å²) >= 11 is 5.86. The molecule has 0 aliphatic rings. The van der Waals surface area contributed by atoms with Gasteiger partial charge in [0.15, 0.2) is 11.5 Å². The Hall–Kier alpha value is -2.21. The summed E-state index contributed by atoms with van der Waals surface area (Å²) in [6.07, 6.45) is 0. The molecule has 0 unspecified atom stereocenters. The van der Waals surface area contributed by atoms with Gasteiger partial charge in [0.05, 0.1) is 13.7 Å². The Labute approximate surface area is 128 Å². The van der Waals surface area contributed by atoms with Crippen LogP contribution in [-0.2, 0) is 0 Å². The molecule has 0 atom stereocenters. The highest BCUT2D eigenvalue weighted by molar-refractivity contribution is 6.29. The lowest BCUT2D eigenvalue weighted by molar-refractivity contribution is 0.301. The van der Waals surface area contributed by atoms with Gasteiger partial charge in [0, 0.05) is 13.1 Å². The first-order valence-corrected chi connectivity index (χ1v) is 6.75. The van der Waals surface area contributed by atoms with E-state index in [-0.39, 0.29) is 5.95 Å². The second-order valence-electron chi connectivity index (χ2n) is 4.33. The molecule has 1 aromatic heterocycles. The first-order chi connectivity index (χ1) is 10.1. The van der Waals surface area contributed by atoms with E-state index in [4.69, 9.17) is 26.8 Å². The van der Waals surface area contributed by atoms with Crippen LogP contribution in [0, 0.1) is 0 Å². The number of anilines is 2. The highest BCUT2D eigenvalue weighted by atomic mass is 35.5. The SMILES string of the molecule is COc1ccccc1OCCN(C)c1cc(Cl)nc(N)n1. The maximum Gasteiger partial charge on any atom is 0.223 e. The zero-order chi connectivity index (χ0) is 15.2. The van der Waals surface area contributed by atoms with Crippen molar-refractivity contribution < 1.29 is 9.47 Å². The van der Waals surface area contributed by atoms with Crippen molar-refractivity contribution >= 4 is 23.4 Å². The molecule has 1 aromatic carbocycles. The van der Waals surface area contributed by atoms with Crippen molar-refractivity contribution in [1.82, 2.24) is 9.97 Å². The minimum absolute atomic E-state index is 0.148. The monoisotopic (exact) mass is 308 g/mol. The zero-order valence-corrected chi connectivity index (χ0v) is 12.7. The summed E-state index contributed by atoms with van der Waals surface area (Å²) in [5, 5.41) is 0.315. The van der Waals surface area contributed by atoms with Crippen LogP contribution < -0.4 is 20.1 Å². The van der Waals surface area contributed by atoms with Gasteiger partial charge in [-0.3, -0.25) is 0 Å². The van der Waals surface area contributed by atoms with Gasteiger partial charge in [-0.15, -0.1) is 0 Å². The van der Waals surface area contributed by atoms with Crippen molar-refractivity contribution in [3.05, 3.63) is 35.5 Å². The largest absolute Gasteiger partial charge is 0.493 e. The number of nitrogens with two attached hydrogens (primary N) is 1. The smallest absolute Gasteiger partial charge is 0.223 e. The zero-order valence-electron chi connectivity index (χ0n) is 11.9. The van der Waals surface area contributed by atoms with Crippen molar-refractivity contribution in [2.75, 3.05) is 37.9 Å². The van der Waals surface area contributed by atoms with Crippen LogP contribution in [0.3, 0.4) is 0 Å². The van der Waals surface area contributed by atoms with Gasteiger partial charge in [-0.25, -0.2) is 4.98 Å². The Kier molecular flexibility index (Phi) is 5.05. The Balaban J connectivity index is 1.93. The normalized spacial score (nSPS) is 10.2. The van der Waals surface area contributed by atoms with Gasteiger partial charge in [-0.05, 0) is 12.1 Å². The van der Waals surface area contributed by atoms with Crippen molar-refractivity contribution in [1.29, 1.82) is 0 Å². The van der Waals surface area contributed by atoms with E-state index in [9.17, 15) is 0 Å². The molecule has 112 valence electrons. The average Bonchev–Trinajstić information content (AvgIpc) is 2.46. The Bertz CT molecular complexity index is 589. The summed E-state index contributed by atoms with van der Waals surface area (Å²) in [6, 6.07) is 9.15. The predicted molar refractivity (Wildman–Crippen MR) is 83.2 cm³/mol. The van der Waals surface area contributed by atoms with Crippen LogP contribution in [0.15, 0.2) is 30.3 Å². The maximum atomic E-state index is 5.86. The molecule has 0 aliphatic carbocycles. The molecule has 6 nitrogen and oxygen atoms in total. The van der Waals surface area contributed by atoms with E-state index >= 15 is 0 Å². The lowest BCUT2D eigenvalue weighted by Crippen LogP contribution is -2.25. The highest BCUT2D eigenvalue weighted by Crippen LogP contribution is 2.25. The number of hydrogen-bond donors (Lipinski definition) is 1. The number of halogens is 1. The fourth-order valence-corrected chi connectivity index (χ4v) is 1.95. The van der Waals surface area contributed by atoms with E-state index in [2.05, 4.69) is 9.97 Å². The third kappa shape index (κ3) is 4.13. The molecule has 0 aliphatic heterocycles. The van der Waals surface area contributed by atoms with Gasteiger partial charge in [-0.1, -0.05) is 23.7 Å². The number of nitrogen functional groups attached to an aromatic ring is 1. The number of para-hydroxylation sites is 2. The summed E-state index contributed by atoms with van der Waals surface area (Å²) < 4.78 is 10.9. The van der Waals surface area contributed by atoms with Crippen molar-refractivity contribution in [2.24, 2.45) is 0 Å². The number of rotatable bonds is 6. The van der Waals surface area contributed by atoms with E-state index in [0.29, 0.717) is 35.6 Å². The van der Waals surface area contributed by atoms with E-state index in [1.54, 1.807) is 13.2 Å². The third-order valence-corrected chi connectivity index (χ3v) is 3.04. The minimum atomic E-state index is 0.148. The molecule has 0 bridgehead atoms. The summed E-state index contributed by atoms with van der Waals surface area (Å²) in [7, 11) is 3.49. The molecule has 0 amide bonds. The summed E-state index contributed by atoms with van der Waals surface area (Å²) in [5.41, 5.74) is 5.57. The van der Waals surface area contributed by atoms with Crippen LogP contribution >= 0.6 is 11.6 Å². The maximum absolute atomic E-state index is 5.86. The molecule has 2 rings (SSSR count). The molecule has 21 heavy (non-hydrogen) atoms. The number of likely N-dealkylation sites (N-methyl/N-ethyl adjacent to an activating group) is 1. The molecule has 2 aromatic rings. The number of benzene rings is 1. The van der Waals surface area contributed by atoms with Gasteiger partial charge in [0.25, 0.3) is 0 Å². The Morgan fingerprint density at radius 3 is 2.62 bits per heavy atom. The first-order valence-electron chi connectivity index (χ1n) is 6.37. The van der Waals surface area contributed by atoms with Crippen molar-refractivity contribution in [3.8, 4) is 11.5 Å². The molecule has 0 fully saturated rings. The molecule has 2 N–H and O–H groups in total. The Morgan fingerprint density at radius 1 is 1.24 bits per heavy atom. The van der Waals surface area contributed by atoms with Gasteiger partial charge in [0.2, 0.25) is 5.95 Å². The van der Waals surface area contributed by atoms with Crippen LogP contribution in [0.4, 0.5) is 11.8 Å². The fraction of sp³-hybridized carbons (Fsp3) is 0.286. The lowest BCUT2D eigenvalue weighted by Gasteiger charge is -2.19. The number of methoxy groups -OCH3 is 1. The van der Waals surface area contributed by atoms with Crippen LogP contribution in [0.25, 0.3) is 0 Å². The quantitative estimate of drug-likeness (QED) is 0.825.